The summed E-state index contributed by atoms with van der Waals surface area (Å²) in [5.74, 6) is 1.97. The van der Waals surface area contributed by atoms with Crippen molar-refractivity contribution >= 4 is 12.4 Å². The summed E-state index contributed by atoms with van der Waals surface area (Å²) >= 11 is 0. The summed E-state index contributed by atoms with van der Waals surface area (Å²) in [7, 11) is 0. The first-order chi connectivity index (χ1) is 13.2. The van der Waals surface area contributed by atoms with Crippen molar-refractivity contribution in [2.24, 2.45) is 0 Å². The van der Waals surface area contributed by atoms with Crippen LogP contribution in [0.4, 0.5) is 4.79 Å². The number of rotatable bonds is 5. The number of nitrogens with one attached hydrogen (secondary N) is 1. The van der Waals surface area contributed by atoms with Crippen molar-refractivity contribution < 1.29 is 23.2 Å². The maximum atomic E-state index is 11.8. The Morgan fingerprint density at radius 3 is 2.39 bits per heavy atom. The van der Waals surface area contributed by atoms with Gasteiger partial charge in [0.1, 0.15) is 22.8 Å². The minimum atomic E-state index is -0.559. The van der Waals surface area contributed by atoms with Crippen molar-refractivity contribution in [1.82, 2.24) is 10.3 Å². The molecule has 7 heteroatoms. The Morgan fingerprint density at radius 1 is 1.11 bits per heavy atom. The second kappa shape index (κ2) is 7.72. The van der Waals surface area contributed by atoms with Gasteiger partial charge >= 0.3 is 6.09 Å². The molecule has 3 rings (SSSR count). The van der Waals surface area contributed by atoms with Gasteiger partial charge in [0.2, 0.25) is 5.89 Å². The molecule has 0 radical (unpaired) electrons. The molecule has 0 atom stereocenters. The lowest BCUT2D eigenvalue weighted by atomic mass is 10.1. The maximum Gasteiger partial charge on any atom is 0.407 e. The topological polar surface area (TPSA) is 94.6 Å². The van der Waals surface area contributed by atoms with E-state index in [0.717, 1.165) is 11.1 Å². The molecule has 1 aromatic carbocycles. The zero-order valence-electron chi connectivity index (χ0n) is 16.2. The molecule has 1 amide bonds. The fraction of sp³-hybridized carbons (Fsp3) is 0.286. The molecular formula is C21H22N2O5. The van der Waals surface area contributed by atoms with Gasteiger partial charge in [0.15, 0.2) is 12.0 Å². The number of furan rings is 1. The van der Waals surface area contributed by atoms with E-state index < -0.39 is 11.7 Å². The van der Waals surface area contributed by atoms with E-state index >= 15 is 0 Å². The number of hydrogen-bond acceptors (Lipinski definition) is 6. The Labute approximate surface area is 162 Å². The Bertz CT molecular complexity index is 977. The molecule has 0 fully saturated rings. The second-order valence-electron chi connectivity index (χ2n) is 7.27. The molecule has 0 bridgehead atoms. The third kappa shape index (κ3) is 4.68. The van der Waals surface area contributed by atoms with E-state index in [1.165, 1.54) is 0 Å². The summed E-state index contributed by atoms with van der Waals surface area (Å²) in [6.45, 7) is 7.42. The summed E-state index contributed by atoms with van der Waals surface area (Å²) in [4.78, 5) is 27.0. The average Bonchev–Trinajstić information content (AvgIpc) is 3.25. The van der Waals surface area contributed by atoms with Gasteiger partial charge < -0.3 is 18.9 Å². The van der Waals surface area contributed by atoms with Gasteiger partial charge in [0.05, 0.1) is 6.54 Å². The molecular weight excluding hydrogens is 360 g/mol. The Morgan fingerprint density at radius 2 is 1.79 bits per heavy atom. The molecule has 2 heterocycles. The van der Waals surface area contributed by atoms with E-state index in [9.17, 15) is 9.59 Å². The summed E-state index contributed by atoms with van der Waals surface area (Å²) in [6, 6.07) is 10.8. The van der Waals surface area contributed by atoms with Crippen LogP contribution in [0.25, 0.3) is 22.8 Å². The fourth-order valence-electron chi connectivity index (χ4n) is 2.53. The Balaban J connectivity index is 1.70. The van der Waals surface area contributed by atoms with Crippen molar-refractivity contribution in [2.75, 3.05) is 0 Å². The lowest BCUT2D eigenvalue weighted by molar-refractivity contribution is 0.0522. The summed E-state index contributed by atoms with van der Waals surface area (Å²) in [5, 5.41) is 2.68. The smallest absolute Gasteiger partial charge is 0.407 e. The molecule has 0 aliphatic rings. The van der Waals surface area contributed by atoms with Crippen LogP contribution < -0.4 is 5.32 Å². The average molecular weight is 382 g/mol. The van der Waals surface area contributed by atoms with Crippen molar-refractivity contribution in [1.29, 1.82) is 0 Å². The largest absolute Gasteiger partial charge is 0.453 e. The van der Waals surface area contributed by atoms with Crippen molar-refractivity contribution in [3.8, 4) is 22.8 Å². The highest BCUT2D eigenvalue weighted by Crippen LogP contribution is 2.27. The third-order valence-corrected chi connectivity index (χ3v) is 3.85. The van der Waals surface area contributed by atoms with Crippen LogP contribution in [0.2, 0.25) is 0 Å². The standard InChI is InChI=1S/C21H22N2O5/c1-13-17(11-22-20(25)28-21(2,3)4)23-19(26-13)15-7-5-14(6-8-15)18-10-9-16(12-24)27-18/h5-10,12H,11H2,1-4H3,(H,22,25). The van der Waals surface area contributed by atoms with Crippen LogP contribution in [0.15, 0.2) is 45.2 Å². The van der Waals surface area contributed by atoms with Gasteiger partial charge in [0.25, 0.3) is 0 Å². The minimum Gasteiger partial charge on any atom is -0.453 e. The molecule has 0 unspecified atom stereocenters. The predicted molar refractivity (Wildman–Crippen MR) is 103 cm³/mol. The predicted octanol–water partition coefficient (Wildman–Crippen LogP) is 4.75. The lowest BCUT2D eigenvalue weighted by Gasteiger charge is -2.19. The number of nitrogens with zero attached hydrogens (tertiary/aromatic N) is 1. The molecule has 0 aliphatic heterocycles. The van der Waals surface area contributed by atoms with Crippen molar-refractivity contribution in [2.45, 2.75) is 39.8 Å². The molecule has 7 nitrogen and oxygen atoms in total. The molecule has 28 heavy (non-hydrogen) atoms. The number of carbonyl (C=O) groups is 2. The number of carbonyl (C=O) groups excluding carboxylic acids is 2. The number of oxazole rings is 1. The maximum absolute atomic E-state index is 11.8. The van der Waals surface area contributed by atoms with Gasteiger partial charge in [-0.05, 0) is 52.0 Å². The number of benzene rings is 1. The van der Waals surface area contributed by atoms with Crippen LogP contribution in [0, 0.1) is 6.92 Å². The number of hydrogen-bond donors (Lipinski definition) is 1. The van der Waals surface area contributed by atoms with Gasteiger partial charge in [0, 0.05) is 11.1 Å². The highest BCUT2D eigenvalue weighted by atomic mass is 16.6. The van der Waals surface area contributed by atoms with E-state index in [0.29, 0.717) is 29.4 Å². The van der Waals surface area contributed by atoms with Gasteiger partial charge in [-0.2, -0.15) is 0 Å². The van der Waals surface area contributed by atoms with E-state index in [4.69, 9.17) is 13.6 Å². The van der Waals surface area contributed by atoms with Crippen LogP contribution in [0.3, 0.4) is 0 Å². The van der Waals surface area contributed by atoms with E-state index in [2.05, 4.69) is 10.3 Å². The molecule has 146 valence electrons. The lowest BCUT2D eigenvalue weighted by Crippen LogP contribution is -2.32. The molecule has 0 spiro atoms. The zero-order valence-corrected chi connectivity index (χ0v) is 16.2. The van der Waals surface area contributed by atoms with Crippen LogP contribution in [0.1, 0.15) is 42.8 Å². The minimum absolute atomic E-state index is 0.212. The normalized spacial score (nSPS) is 11.3. The van der Waals surface area contributed by atoms with Gasteiger partial charge in [-0.25, -0.2) is 9.78 Å². The molecule has 3 aromatic rings. The highest BCUT2D eigenvalue weighted by molar-refractivity contribution is 5.73. The zero-order chi connectivity index (χ0) is 20.3. The van der Waals surface area contributed by atoms with E-state index in [-0.39, 0.29) is 12.3 Å². The van der Waals surface area contributed by atoms with Crippen molar-refractivity contribution in [3.05, 3.63) is 53.6 Å². The number of ether oxygens (including phenoxy) is 1. The van der Waals surface area contributed by atoms with Crippen LogP contribution >= 0.6 is 0 Å². The molecule has 0 saturated carbocycles. The number of aryl methyl sites for hydroxylation is 1. The first-order valence-electron chi connectivity index (χ1n) is 8.84. The van der Waals surface area contributed by atoms with Crippen LogP contribution in [-0.2, 0) is 11.3 Å². The molecule has 0 aliphatic carbocycles. The first kappa shape index (κ1) is 19.4. The molecule has 1 N–H and O–H groups in total. The fourth-order valence-corrected chi connectivity index (χ4v) is 2.53. The van der Waals surface area contributed by atoms with Gasteiger partial charge in [-0.15, -0.1) is 0 Å². The molecule has 2 aromatic heterocycles. The number of aldehydes is 1. The Kier molecular flexibility index (Phi) is 5.35. The Hall–Kier alpha value is -3.35. The van der Waals surface area contributed by atoms with Gasteiger partial charge in [-0.3, -0.25) is 4.79 Å². The van der Waals surface area contributed by atoms with Crippen molar-refractivity contribution in [3.63, 3.8) is 0 Å². The summed E-state index contributed by atoms with van der Waals surface area (Å²) in [5.41, 5.74) is 1.70. The number of aromatic nitrogens is 1. The third-order valence-electron chi connectivity index (χ3n) is 3.85. The quantitative estimate of drug-likeness (QED) is 0.640. The monoisotopic (exact) mass is 382 g/mol. The van der Waals surface area contributed by atoms with Crippen LogP contribution in [0.5, 0.6) is 0 Å². The SMILES string of the molecule is Cc1oc(-c2ccc(-c3ccc(C=O)o3)cc2)nc1CNC(=O)OC(C)(C)C. The summed E-state index contributed by atoms with van der Waals surface area (Å²) in [6.07, 6.45) is 0.161. The molecule has 0 saturated heterocycles. The second-order valence-corrected chi connectivity index (χ2v) is 7.27. The highest BCUT2D eigenvalue weighted by Gasteiger charge is 2.17. The number of alkyl carbamates (subject to hydrolysis) is 1. The summed E-state index contributed by atoms with van der Waals surface area (Å²) < 4.78 is 16.4. The van der Waals surface area contributed by atoms with Gasteiger partial charge in [-0.1, -0.05) is 12.1 Å². The van der Waals surface area contributed by atoms with E-state index in [1.54, 1.807) is 39.8 Å². The number of amides is 1. The van der Waals surface area contributed by atoms with E-state index in [1.807, 2.05) is 24.3 Å². The van der Waals surface area contributed by atoms with Crippen LogP contribution in [-0.4, -0.2) is 23.0 Å². The first-order valence-corrected chi connectivity index (χ1v) is 8.84.